The minimum atomic E-state index is -0.115. The monoisotopic (exact) mass is 413 g/mol. The molecule has 0 aliphatic carbocycles. The number of nitrogens with zero attached hydrogens (tertiary/aromatic N) is 2. The first kappa shape index (κ1) is 21.5. The van der Waals surface area contributed by atoms with Crippen LogP contribution in [-0.4, -0.2) is 49.3 Å². The zero-order chi connectivity index (χ0) is 21.0. The van der Waals surface area contributed by atoms with Gasteiger partial charge in [0.15, 0.2) is 5.78 Å². The van der Waals surface area contributed by atoms with Gasteiger partial charge in [0.25, 0.3) is 0 Å². The second-order valence-corrected chi connectivity index (χ2v) is 9.18. The van der Waals surface area contributed by atoms with Crippen molar-refractivity contribution in [3.8, 4) is 0 Å². The molecule has 5 nitrogen and oxygen atoms in total. The van der Waals surface area contributed by atoms with Crippen LogP contribution in [0.15, 0.2) is 24.3 Å². The Morgan fingerprint density at radius 3 is 2.34 bits per heavy atom. The van der Waals surface area contributed by atoms with E-state index in [4.69, 9.17) is 0 Å². The lowest BCUT2D eigenvalue weighted by Gasteiger charge is -2.35. The molecular formula is C23H31N3O2S. The first-order valence-electron chi connectivity index (χ1n) is 10.4. The first-order valence-corrected chi connectivity index (χ1v) is 11.2. The Labute approximate surface area is 177 Å². The highest BCUT2D eigenvalue weighted by atomic mass is 32.1. The summed E-state index contributed by atoms with van der Waals surface area (Å²) in [4.78, 5) is 31.8. The number of hydrogen-bond acceptors (Lipinski definition) is 5. The number of Topliss-reactive ketones (excluding diaryl/α,β-unsaturated/α-hetero) is 1. The number of ketones is 1. The van der Waals surface area contributed by atoms with E-state index in [2.05, 4.69) is 34.2 Å². The maximum Gasteiger partial charge on any atom is 0.224 e. The van der Waals surface area contributed by atoms with Gasteiger partial charge in [-0.3, -0.25) is 9.59 Å². The Balaban J connectivity index is 1.54. The number of aryl methyl sites for hydroxylation is 3. The zero-order valence-corrected chi connectivity index (χ0v) is 18.7. The predicted octanol–water partition coefficient (Wildman–Crippen LogP) is 4.42. The molecule has 1 saturated heterocycles. The molecular weight excluding hydrogens is 382 g/mol. The van der Waals surface area contributed by atoms with Crippen LogP contribution in [0.4, 0.5) is 11.4 Å². The first-order chi connectivity index (χ1) is 13.9. The van der Waals surface area contributed by atoms with Gasteiger partial charge >= 0.3 is 0 Å². The van der Waals surface area contributed by atoms with Gasteiger partial charge in [-0.05, 0) is 57.1 Å². The van der Waals surface area contributed by atoms with Crippen molar-refractivity contribution in [2.24, 2.45) is 0 Å². The van der Waals surface area contributed by atoms with Crippen LogP contribution in [0, 0.1) is 20.8 Å². The van der Waals surface area contributed by atoms with Gasteiger partial charge in [0, 0.05) is 65.7 Å². The molecule has 1 N–H and O–H groups in total. The number of amides is 1. The minimum Gasteiger partial charge on any atom is -0.369 e. The number of piperazine rings is 1. The van der Waals surface area contributed by atoms with Gasteiger partial charge in [-0.1, -0.05) is 6.92 Å². The summed E-state index contributed by atoms with van der Waals surface area (Å²) in [5, 5.41) is 2.97. The van der Waals surface area contributed by atoms with Crippen LogP contribution in [0.25, 0.3) is 0 Å². The SMILES string of the molecule is CCN1CCN(c2ccc(NC(=O)CCC(=O)c3cc(C)sc3C)c(C)c2)CC1. The standard InChI is InChI=1S/C23H31N3O2S/c1-5-25-10-12-26(13-11-25)19-6-7-21(16(2)14-19)24-23(28)9-8-22(27)20-15-17(3)29-18(20)4/h6-7,14-15H,5,8-13H2,1-4H3,(H,24,28). The van der Waals surface area contributed by atoms with E-state index in [9.17, 15) is 9.59 Å². The summed E-state index contributed by atoms with van der Waals surface area (Å²) >= 11 is 1.62. The molecule has 1 amide bonds. The Morgan fingerprint density at radius 1 is 1.03 bits per heavy atom. The lowest BCUT2D eigenvalue weighted by atomic mass is 10.1. The smallest absolute Gasteiger partial charge is 0.224 e. The van der Waals surface area contributed by atoms with Gasteiger partial charge in [-0.15, -0.1) is 11.3 Å². The molecule has 29 heavy (non-hydrogen) atoms. The van der Waals surface area contributed by atoms with Crippen molar-refractivity contribution in [2.75, 3.05) is 42.9 Å². The van der Waals surface area contributed by atoms with Gasteiger partial charge in [-0.2, -0.15) is 0 Å². The maximum atomic E-state index is 12.4. The van der Waals surface area contributed by atoms with Crippen LogP contribution in [0.5, 0.6) is 0 Å². The Morgan fingerprint density at radius 2 is 1.76 bits per heavy atom. The fraction of sp³-hybridized carbons (Fsp3) is 0.478. The van der Waals surface area contributed by atoms with Crippen LogP contribution in [0.3, 0.4) is 0 Å². The van der Waals surface area contributed by atoms with E-state index in [1.807, 2.05) is 32.9 Å². The van der Waals surface area contributed by atoms with E-state index in [0.29, 0.717) is 0 Å². The molecule has 2 heterocycles. The molecule has 156 valence electrons. The van der Waals surface area contributed by atoms with Crippen LogP contribution >= 0.6 is 11.3 Å². The number of nitrogens with one attached hydrogen (secondary N) is 1. The largest absolute Gasteiger partial charge is 0.369 e. The molecule has 0 unspecified atom stereocenters. The lowest BCUT2D eigenvalue weighted by molar-refractivity contribution is -0.116. The molecule has 6 heteroatoms. The topological polar surface area (TPSA) is 52.6 Å². The van der Waals surface area contributed by atoms with E-state index in [1.54, 1.807) is 11.3 Å². The summed E-state index contributed by atoms with van der Waals surface area (Å²) < 4.78 is 0. The molecule has 3 rings (SSSR count). The van der Waals surface area contributed by atoms with E-state index in [-0.39, 0.29) is 24.5 Å². The zero-order valence-electron chi connectivity index (χ0n) is 17.9. The number of anilines is 2. The van der Waals surface area contributed by atoms with E-state index in [1.165, 1.54) is 5.69 Å². The molecule has 0 atom stereocenters. The summed E-state index contributed by atoms with van der Waals surface area (Å²) in [5.74, 6) is -0.0735. The Bertz CT molecular complexity index is 882. The molecule has 1 fully saturated rings. The Hall–Kier alpha value is -2.18. The third-order valence-corrected chi connectivity index (χ3v) is 6.56. The molecule has 0 radical (unpaired) electrons. The molecule has 1 aliphatic rings. The predicted molar refractivity (Wildman–Crippen MR) is 121 cm³/mol. The molecule has 1 aromatic carbocycles. The highest BCUT2D eigenvalue weighted by Crippen LogP contribution is 2.25. The van der Waals surface area contributed by atoms with E-state index < -0.39 is 0 Å². The van der Waals surface area contributed by atoms with E-state index in [0.717, 1.165) is 59.3 Å². The number of carbonyl (C=O) groups excluding carboxylic acids is 2. The summed E-state index contributed by atoms with van der Waals surface area (Å²) in [6.07, 6.45) is 0.440. The second kappa shape index (κ2) is 9.55. The van der Waals surface area contributed by atoms with Crippen molar-refractivity contribution in [3.63, 3.8) is 0 Å². The number of benzene rings is 1. The molecule has 0 spiro atoms. The normalized spacial score (nSPS) is 14.8. The van der Waals surface area contributed by atoms with Crippen LogP contribution in [0.1, 0.15) is 45.4 Å². The van der Waals surface area contributed by atoms with Gasteiger partial charge in [0.05, 0.1) is 0 Å². The van der Waals surface area contributed by atoms with Crippen LogP contribution < -0.4 is 10.2 Å². The summed E-state index contributed by atoms with van der Waals surface area (Å²) in [6, 6.07) is 8.11. The number of carbonyl (C=O) groups is 2. The third kappa shape index (κ3) is 5.46. The van der Waals surface area contributed by atoms with Gasteiger partial charge in [0.2, 0.25) is 5.91 Å². The van der Waals surface area contributed by atoms with Crippen LogP contribution in [-0.2, 0) is 4.79 Å². The van der Waals surface area contributed by atoms with E-state index >= 15 is 0 Å². The fourth-order valence-electron chi connectivity index (χ4n) is 3.79. The van der Waals surface area contributed by atoms with Gasteiger partial charge in [0.1, 0.15) is 0 Å². The number of likely N-dealkylation sites (N-methyl/N-ethyl adjacent to an activating group) is 1. The third-order valence-electron chi connectivity index (χ3n) is 5.59. The lowest BCUT2D eigenvalue weighted by Crippen LogP contribution is -2.46. The molecule has 1 aliphatic heterocycles. The molecule has 0 bridgehead atoms. The average Bonchev–Trinajstić information content (AvgIpc) is 3.06. The molecule has 2 aromatic rings. The average molecular weight is 414 g/mol. The highest BCUT2D eigenvalue weighted by Gasteiger charge is 2.17. The van der Waals surface area contributed by atoms with Gasteiger partial charge < -0.3 is 15.1 Å². The highest BCUT2D eigenvalue weighted by molar-refractivity contribution is 7.12. The number of thiophene rings is 1. The Kier molecular flexibility index (Phi) is 7.09. The maximum absolute atomic E-state index is 12.4. The second-order valence-electron chi connectivity index (χ2n) is 7.72. The fourth-order valence-corrected chi connectivity index (χ4v) is 4.73. The van der Waals surface area contributed by atoms with Crippen molar-refractivity contribution in [3.05, 3.63) is 45.1 Å². The van der Waals surface area contributed by atoms with Gasteiger partial charge in [-0.25, -0.2) is 0 Å². The summed E-state index contributed by atoms with van der Waals surface area (Å²) in [7, 11) is 0. The summed E-state index contributed by atoms with van der Waals surface area (Å²) in [6.45, 7) is 13.5. The quantitative estimate of drug-likeness (QED) is 0.683. The molecule has 1 aromatic heterocycles. The van der Waals surface area contributed by atoms with Crippen molar-refractivity contribution in [1.29, 1.82) is 0 Å². The van der Waals surface area contributed by atoms with Crippen molar-refractivity contribution >= 4 is 34.4 Å². The number of rotatable bonds is 7. The summed E-state index contributed by atoms with van der Waals surface area (Å²) in [5.41, 5.74) is 3.82. The molecule has 0 saturated carbocycles. The van der Waals surface area contributed by atoms with Crippen molar-refractivity contribution < 1.29 is 9.59 Å². The van der Waals surface area contributed by atoms with Crippen LogP contribution in [0.2, 0.25) is 0 Å². The minimum absolute atomic E-state index is 0.0419. The number of hydrogen-bond donors (Lipinski definition) is 1. The van der Waals surface area contributed by atoms with Crippen molar-refractivity contribution in [1.82, 2.24) is 4.90 Å². The van der Waals surface area contributed by atoms with Crippen molar-refractivity contribution in [2.45, 2.75) is 40.5 Å².